The summed E-state index contributed by atoms with van der Waals surface area (Å²) in [6, 6.07) is 30.1. The molecule has 9 nitrogen and oxygen atoms in total. The van der Waals surface area contributed by atoms with Gasteiger partial charge in [0.1, 0.15) is 35.0 Å². The van der Waals surface area contributed by atoms with Gasteiger partial charge in [0.05, 0.1) is 28.7 Å². The van der Waals surface area contributed by atoms with Gasteiger partial charge in [0.25, 0.3) is 5.69 Å². The summed E-state index contributed by atoms with van der Waals surface area (Å²) in [7, 11) is 0. The van der Waals surface area contributed by atoms with E-state index in [9.17, 15) is 20.5 Å². The van der Waals surface area contributed by atoms with E-state index >= 15 is 0 Å². The molecule has 4 rings (SSSR count). The standard InChI is InChI=1S/C29H34N2O.C21H32O.C8H3N3O2/c1-3-4-5-6-7-8-9-10-11-12-13-14-15-18-25-19-16-21-27(23-25)32-28-22-17-20-26(24-30)29(28)31-2;1-2-3-4-5-6-7-8-9-10-11-12-13-14-16-20-17-15-18-21(22)19-20;9-4-6-2-1-3-8(11(12)13)7(6)5-10/h5-6,8-9,16-17,19-23H,3-4,7,10-15,18H2,1H3;4-5,7-8,15,17-19,22H,2-3,6,9-14,16H2,1H3;1-3H/b6-5+,9-8+;5-4+,8-7+;. The average Bonchev–Trinajstić information content (AvgIpc) is 3.34. The fourth-order valence-electron chi connectivity index (χ4n) is 6.91. The van der Waals surface area contributed by atoms with Crippen LogP contribution in [0, 0.1) is 50.7 Å². The van der Waals surface area contributed by atoms with Gasteiger partial charge in [-0.15, -0.1) is 0 Å². The van der Waals surface area contributed by atoms with Gasteiger partial charge in [-0.05, 0) is 125 Å². The Bertz CT molecular complexity index is 2330. The molecule has 0 spiro atoms. The van der Waals surface area contributed by atoms with E-state index in [1.807, 2.05) is 30.3 Å². The van der Waals surface area contributed by atoms with E-state index in [0.29, 0.717) is 22.8 Å². The number of ether oxygens (including phenoxy) is 1. The highest BCUT2D eigenvalue weighted by atomic mass is 16.6. The summed E-state index contributed by atoms with van der Waals surface area (Å²) >= 11 is 0. The van der Waals surface area contributed by atoms with Gasteiger partial charge in [0.2, 0.25) is 5.69 Å². The normalized spacial score (nSPS) is 10.7. The molecule has 9 heteroatoms. The minimum atomic E-state index is -0.681. The number of nitriles is 3. The molecule has 0 aromatic heterocycles. The molecular weight excluding hydrogens is 831 g/mol. The van der Waals surface area contributed by atoms with Crippen molar-refractivity contribution in [2.24, 2.45) is 0 Å². The van der Waals surface area contributed by atoms with Crippen LogP contribution >= 0.6 is 0 Å². The average molecular weight is 900 g/mol. The fourth-order valence-corrected chi connectivity index (χ4v) is 6.91. The summed E-state index contributed by atoms with van der Waals surface area (Å²) in [6.45, 7) is 11.8. The van der Waals surface area contributed by atoms with Crippen molar-refractivity contribution in [3.05, 3.63) is 183 Å². The zero-order valence-electron chi connectivity index (χ0n) is 39.8. The Balaban J connectivity index is 0.000000379. The van der Waals surface area contributed by atoms with Crippen molar-refractivity contribution in [1.29, 1.82) is 15.8 Å². The number of phenols is 1. The quantitative estimate of drug-likeness (QED) is 0.0206. The highest BCUT2D eigenvalue weighted by Crippen LogP contribution is 2.35. The highest BCUT2D eigenvalue weighted by molar-refractivity contribution is 5.68. The van der Waals surface area contributed by atoms with Crippen LogP contribution in [0.5, 0.6) is 17.2 Å². The molecule has 0 atom stereocenters. The Morgan fingerprint density at radius 3 is 1.63 bits per heavy atom. The number of unbranched alkanes of at least 4 members (excludes halogenated alkanes) is 12. The van der Waals surface area contributed by atoms with Crippen LogP contribution < -0.4 is 4.74 Å². The van der Waals surface area contributed by atoms with Crippen molar-refractivity contribution >= 4 is 11.4 Å². The summed E-state index contributed by atoms with van der Waals surface area (Å²) in [4.78, 5) is 13.2. The number of aryl methyl sites for hydroxylation is 2. The molecule has 0 aliphatic rings. The molecule has 0 saturated carbocycles. The van der Waals surface area contributed by atoms with E-state index in [1.165, 1.54) is 132 Å². The summed E-state index contributed by atoms with van der Waals surface area (Å²) in [5.41, 5.74) is 2.60. The van der Waals surface area contributed by atoms with Crippen molar-refractivity contribution in [2.75, 3.05) is 0 Å². The molecule has 0 fully saturated rings. The molecule has 0 radical (unpaired) electrons. The number of benzene rings is 4. The minimum Gasteiger partial charge on any atom is -0.508 e. The topological polar surface area (TPSA) is 148 Å². The zero-order valence-corrected chi connectivity index (χ0v) is 39.8. The number of phenolic OH excluding ortho intramolecular Hbond substituents is 1. The molecule has 4 aromatic rings. The van der Waals surface area contributed by atoms with E-state index in [4.69, 9.17) is 21.8 Å². The Hall–Kier alpha value is -7.20. The van der Waals surface area contributed by atoms with Gasteiger partial charge in [-0.1, -0.05) is 156 Å². The van der Waals surface area contributed by atoms with E-state index in [2.05, 4.69) is 85.5 Å². The molecule has 0 bridgehead atoms. The summed E-state index contributed by atoms with van der Waals surface area (Å²) in [5.74, 6) is 1.52. The van der Waals surface area contributed by atoms with E-state index in [-0.39, 0.29) is 22.5 Å². The lowest BCUT2D eigenvalue weighted by Gasteiger charge is -2.10. The summed E-state index contributed by atoms with van der Waals surface area (Å²) in [5, 5.41) is 46.1. The lowest BCUT2D eigenvalue weighted by molar-refractivity contribution is -0.385. The third kappa shape index (κ3) is 25.2. The number of nitro benzene ring substituents is 1. The van der Waals surface area contributed by atoms with Gasteiger partial charge in [-0.2, -0.15) is 15.8 Å². The lowest BCUT2D eigenvalue weighted by Crippen LogP contribution is -1.94. The maximum atomic E-state index is 10.4. The second kappa shape index (κ2) is 37.1. The van der Waals surface area contributed by atoms with Crippen LogP contribution in [0.2, 0.25) is 0 Å². The van der Waals surface area contributed by atoms with Gasteiger partial charge in [-0.3, -0.25) is 10.1 Å². The van der Waals surface area contributed by atoms with Crippen LogP contribution in [0.4, 0.5) is 11.4 Å². The van der Waals surface area contributed by atoms with Crippen LogP contribution in [-0.4, -0.2) is 10.0 Å². The van der Waals surface area contributed by atoms with E-state index < -0.39 is 4.92 Å². The Morgan fingerprint density at radius 1 is 0.612 bits per heavy atom. The Morgan fingerprint density at radius 2 is 1.10 bits per heavy atom. The first-order chi connectivity index (χ1) is 32.8. The van der Waals surface area contributed by atoms with E-state index in [0.717, 1.165) is 25.7 Å². The summed E-state index contributed by atoms with van der Waals surface area (Å²) < 4.78 is 5.93. The second-order valence-corrected chi connectivity index (χ2v) is 16.0. The van der Waals surface area contributed by atoms with Gasteiger partial charge in [-0.25, -0.2) is 4.85 Å². The van der Waals surface area contributed by atoms with Crippen LogP contribution in [0.15, 0.2) is 134 Å². The van der Waals surface area contributed by atoms with Gasteiger partial charge < -0.3 is 9.84 Å². The largest absolute Gasteiger partial charge is 0.508 e. The van der Waals surface area contributed by atoms with Gasteiger partial charge in [0.15, 0.2) is 0 Å². The van der Waals surface area contributed by atoms with Gasteiger partial charge in [0, 0.05) is 6.07 Å². The fraction of sp³-hybridized carbons (Fsp3) is 0.379. The van der Waals surface area contributed by atoms with Crippen molar-refractivity contribution in [2.45, 2.75) is 142 Å². The SMILES string of the molecule is CCC/C=C/C/C=C/CCCCCCCc1cccc(O)c1.N#Cc1cccc([N+](=O)[O-])c1C#N.[C-]#[N+]c1c(C#N)cccc1Oc1cccc(CCCCCCC/C=C/C/C=C/CCC)c1. The molecule has 350 valence electrons. The smallest absolute Gasteiger partial charge is 0.288 e. The van der Waals surface area contributed by atoms with Crippen molar-refractivity contribution < 1.29 is 14.8 Å². The second-order valence-electron chi connectivity index (χ2n) is 16.0. The van der Waals surface area contributed by atoms with Crippen molar-refractivity contribution in [3.63, 3.8) is 0 Å². The number of rotatable bonds is 27. The molecule has 0 unspecified atom stereocenters. The number of allylic oxidation sites excluding steroid dienone is 8. The minimum absolute atomic E-state index is 0.0247. The van der Waals surface area contributed by atoms with Crippen molar-refractivity contribution in [1.82, 2.24) is 0 Å². The highest BCUT2D eigenvalue weighted by Gasteiger charge is 2.16. The van der Waals surface area contributed by atoms with Gasteiger partial charge >= 0.3 is 0 Å². The van der Waals surface area contributed by atoms with Crippen molar-refractivity contribution in [3.8, 4) is 35.5 Å². The van der Waals surface area contributed by atoms with Crippen LogP contribution in [-0.2, 0) is 12.8 Å². The molecule has 0 aliphatic carbocycles. The first-order valence-corrected chi connectivity index (χ1v) is 23.9. The van der Waals surface area contributed by atoms with E-state index in [1.54, 1.807) is 36.4 Å². The molecule has 0 heterocycles. The predicted molar refractivity (Wildman–Crippen MR) is 273 cm³/mol. The summed E-state index contributed by atoms with van der Waals surface area (Å²) in [6.07, 6.45) is 42.5. The number of nitrogens with zero attached hydrogens (tertiary/aromatic N) is 5. The molecular formula is C58H69N5O4. The Kier molecular flexibility index (Phi) is 30.9. The predicted octanol–water partition coefficient (Wildman–Crippen LogP) is 17.0. The Labute approximate surface area is 401 Å². The first-order valence-electron chi connectivity index (χ1n) is 23.9. The number of hydrogen-bond donors (Lipinski definition) is 1. The number of hydrogen-bond acceptors (Lipinski definition) is 7. The molecule has 0 amide bonds. The lowest BCUT2D eigenvalue weighted by atomic mass is 10.0. The number of para-hydroxylation sites is 1. The maximum absolute atomic E-state index is 10.4. The molecule has 0 saturated heterocycles. The monoisotopic (exact) mass is 900 g/mol. The third-order valence-corrected chi connectivity index (χ3v) is 10.5. The number of aromatic hydroxyl groups is 1. The molecule has 4 aromatic carbocycles. The third-order valence-electron chi connectivity index (χ3n) is 10.5. The molecule has 0 aliphatic heterocycles. The molecule has 1 N–H and O–H groups in total. The maximum Gasteiger partial charge on any atom is 0.288 e. The van der Waals surface area contributed by atoms with Crippen LogP contribution in [0.3, 0.4) is 0 Å². The van der Waals surface area contributed by atoms with Crippen LogP contribution in [0.1, 0.15) is 157 Å². The zero-order chi connectivity index (χ0) is 48.6. The molecule has 67 heavy (non-hydrogen) atoms. The number of nitro groups is 1. The first kappa shape index (κ1) is 55.9. The van der Waals surface area contributed by atoms with Crippen LogP contribution in [0.25, 0.3) is 4.85 Å².